The molecular weight excluding hydrogens is 398 g/mol. The predicted octanol–water partition coefficient (Wildman–Crippen LogP) is 4.88. The zero-order chi connectivity index (χ0) is 21.1. The molecule has 2 N–H and O–H groups in total. The molecule has 0 saturated carbocycles. The van der Waals surface area contributed by atoms with E-state index in [0.29, 0.717) is 24.6 Å². The third-order valence-electron chi connectivity index (χ3n) is 5.38. The van der Waals surface area contributed by atoms with Crippen molar-refractivity contribution in [3.8, 4) is 0 Å². The van der Waals surface area contributed by atoms with E-state index in [1.807, 2.05) is 49.4 Å². The second-order valence-electron chi connectivity index (χ2n) is 7.37. The van der Waals surface area contributed by atoms with E-state index in [2.05, 4.69) is 25.3 Å². The van der Waals surface area contributed by atoms with Crippen molar-refractivity contribution in [1.82, 2.24) is 10.2 Å². The van der Waals surface area contributed by atoms with Gasteiger partial charge in [-0.1, -0.05) is 41.9 Å². The molecule has 0 amide bonds. The van der Waals surface area contributed by atoms with Crippen LogP contribution in [0.3, 0.4) is 0 Å². The van der Waals surface area contributed by atoms with E-state index in [1.165, 1.54) is 0 Å². The van der Waals surface area contributed by atoms with Crippen LogP contribution in [-0.4, -0.2) is 35.0 Å². The van der Waals surface area contributed by atoms with E-state index in [4.69, 9.17) is 18.2 Å². The van der Waals surface area contributed by atoms with Gasteiger partial charge >= 0.3 is 0 Å². The second-order valence-corrected chi connectivity index (χ2v) is 7.77. The Bertz CT molecular complexity index is 1170. The molecule has 0 radical (unpaired) electrons. The number of rotatable bonds is 5. The van der Waals surface area contributed by atoms with Gasteiger partial charge in [0.1, 0.15) is 0 Å². The quantitative estimate of drug-likeness (QED) is 0.455. The highest BCUT2D eigenvalue weighted by Crippen LogP contribution is 2.33. The van der Waals surface area contributed by atoms with E-state index in [0.717, 1.165) is 51.3 Å². The topological polar surface area (TPSA) is 65.6 Å². The van der Waals surface area contributed by atoms with Crippen LogP contribution in [0.15, 0.2) is 48.0 Å². The Labute approximate surface area is 180 Å². The van der Waals surface area contributed by atoms with Gasteiger partial charge in [0.25, 0.3) is 0 Å². The molecule has 30 heavy (non-hydrogen) atoms. The van der Waals surface area contributed by atoms with Gasteiger partial charge in [-0.3, -0.25) is 0 Å². The summed E-state index contributed by atoms with van der Waals surface area (Å²) in [5.74, 6) is 1.43. The highest BCUT2D eigenvalue weighted by atomic mass is 35.5. The second kappa shape index (κ2) is 8.70. The lowest BCUT2D eigenvalue weighted by Crippen LogP contribution is -2.30. The summed E-state index contributed by atoms with van der Waals surface area (Å²) in [6.07, 6.45) is 2.84. The monoisotopic (exact) mass is 419 g/mol. The fourth-order valence-corrected chi connectivity index (χ4v) is 3.74. The molecule has 1 aromatic heterocycles. The van der Waals surface area contributed by atoms with Crippen molar-refractivity contribution >= 4 is 39.7 Å². The first kappa shape index (κ1) is 20.1. The molecule has 2 aromatic carbocycles. The van der Waals surface area contributed by atoms with Crippen LogP contribution in [0.25, 0.3) is 15.6 Å². The molecule has 1 aliphatic rings. The maximum atomic E-state index is 9.34. The van der Waals surface area contributed by atoms with Gasteiger partial charge < -0.3 is 15.3 Å². The van der Waals surface area contributed by atoms with Gasteiger partial charge in [-0.05, 0) is 42.2 Å². The van der Waals surface area contributed by atoms with Crippen molar-refractivity contribution in [3.63, 3.8) is 0 Å². The van der Waals surface area contributed by atoms with E-state index in [-0.39, 0.29) is 6.61 Å². The highest BCUT2D eigenvalue weighted by Gasteiger charge is 2.18. The van der Waals surface area contributed by atoms with E-state index < -0.39 is 0 Å². The van der Waals surface area contributed by atoms with Crippen molar-refractivity contribution in [2.45, 2.75) is 19.9 Å². The van der Waals surface area contributed by atoms with Crippen molar-refractivity contribution in [3.05, 3.63) is 75.6 Å². The van der Waals surface area contributed by atoms with Crippen LogP contribution in [0, 0.1) is 13.5 Å². The molecule has 1 aliphatic heterocycles. The SMILES string of the molecule is [C-]#[N+]c1ccc2c(N3CC=C(CO)CC3)nnc(NCc3ccc(C)c(Cl)c3)c2c1. The number of anilines is 2. The predicted molar refractivity (Wildman–Crippen MR) is 121 cm³/mol. The third kappa shape index (κ3) is 4.09. The number of nitrogens with one attached hydrogen (secondary N) is 1. The Kier molecular flexibility index (Phi) is 5.84. The van der Waals surface area contributed by atoms with Crippen LogP contribution < -0.4 is 10.2 Å². The van der Waals surface area contributed by atoms with Gasteiger partial charge in [0.05, 0.1) is 13.2 Å². The lowest BCUT2D eigenvalue weighted by Gasteiger charge is -2.28. The molecule has 152 valence electrons. The van der Waals surface area contributed by atoms with Crippen LogP contribution in [0.5, 0.6) is 0 Å². The fraction of sp³-hybridized carbons (Fsp3) is 0.261. The lowest BCUT2D eigenvalue weighted by atomic mass is 10.1. The van der Waals surface area contributed by atoms with Crippen molar-refractivity contribution in [2.75, 3.05) is 29.9 Å². The Morgan fingerprint density at radius 3 is 2.77 bits per heavy atom. The number of aliphatic hydroxyl groups is 1. The summed E-state index contributed by atoms with van der Waals surface area (Å²) in [6, 6.07) is 11.6. The number of halogens is 1. The molecule has 0 fully saturated rings. The van der Waals surface area contributed by atoms with Gasteiger partial charge in [0.2, 0.25) is 0 Å². The summed E-state index contributed by atoms with van der Waals surface area (Å²) in [6.45, 7) is 11.5. The molecule has 4 rings (SSSR count). The zero-order valence-corrected chi connectivity index (χ0v) is 17.4. The molecule has 6 nitrogen and oxygen atoms in total. The zero-order valence-electron chi connectivity index (χ0n) is 16.7. The third-order valence-corrected chi connectivity index (χ3v) is 5.78. The number of aliphatic hydroxyl groups excluding tert-OH is 1. The highest BCUT2D eigenvalue weighted by molar-refractivity contribution is 6.31. The summed E-state index contributed by atoms with van der Waals surface area (Å²) in [5, 5.41) is 24.2. The minimum atomic E-state index is 0.0977. The molecule has 0 aliphatic carbocycles. The molecule has 0 spiro atoms. The Morgan fingerprint density at radius 1 is 1.20 bits per heavy atom. The van der Waals surface area contributed by atoms with Gasteiger partial charge in [0, 0.05) is 35.4 Å². The molecular formula is C23H22ClN5O. The summed E-state index contributed by atoms with van der Waals surface area (Å²) in [5.41, 5.74) is 3.69. The van der Waals surface area contributed by atoms with Crippen LogP contribution >= 0.6 is 11.6 Å². The minimum absolute atomic E-state index is 0.0977. The molecule has 0 unspecified atom stereocenters. The number of nitrogens with zero attached hydrogens (tertiary/aromatic N) is 4. The molecule has 0 saturated heterocycles. The normalized spacial score (nSPS) is 13.8. The average molecular weight is 420 g/mol. The Hall–Kier alpha value is -3.14. The van der Waals surface area contributed by atoms with Gasteiger partial charge in [-0.2, -0.15) is 0 Å². The number of benzene rings is 2. The Morgan fingerprint density at radius 2 is 2.07 bits per heavy atom. The van der Waals surface area contributed by atoms with E-state index in [1.54, 1.807) is 0 Å². The summed E-state index contributed by atoms with van der Waals surface area (Å²) in [4.78, 5) is 5.72. The maximum Gasteiger partial charge on any atom is 0.188 e. The van der Waals surface area contributed by atoms with Crippen LogP contribution in [0.4, 0.5) is 17.3 Å². The van der Waals surface area contributed by atoms with Gasteiger partial charge in [0.15, 0.2) is 17.3 Å². The largest absolute Gasteiger partial charge is 0.392 e. The standard InChI is InChI=1S/C23H22ClN5O/c1-15-3-4-17(11-21(15)24)13-26-22-20-12-18(25-2)5-6-19(20)23(28-27-22)29-9-7-16(14-30)8-10-29/h3-7,11-12,30H,8-10,13-14H2,1H3,(H,26,27). The first-order chi connectivity index (χ1) is 14.6. The number of hydrogen-bond donors (Lipinski definition) is 2. The number of fused-ring (bicyclic) bond motifs is 1. The maximum absolute atomic E-state index is 9.34. The van der Waals surface area contributed by atoms with Crippen molar-refractivity contribution in [1.29, 1.82) is 0 Å². The van der Waals surface area contributed by atoms with Crippen LogP contribution in [0.1, 0.15) is 17.5 Å². The van der Waals surface area contributed by atoms with E-state index >= 15 is 0 Å². The van der Waals surface area contributed by atoms with Crippen molar-refractivity contribution in [2.24, 2.45) is 0 Å². The summed E-state index contributed by atoms with van der Waals surface area (Å²) >= 11 is 6.24. The molecule has 3 aromatic rings. The first-order valence-electron chi connectivity index (χ1n) is 9.79. The fourth-order valence-electron chi connectivity index (χ4n) is 3.54. The number of hydrogen-bond acceptors (Lipinski definition) is 5. The minimum Gasteiger partial charge on any atom is -0.392 e. The summed E-state index contributed by atoms with van der Waals surface area (Å²) in [7, 11) is 0. The molecule has 2 heterocycles. The first-order valence-corrected chi connectivity index (χ1v) is 10.2. The van der Waals surface area contributed by atoms with Crippen LogP contribution in [-0.2, 0) is 6.54 Å². The van der Waals surface area contributed by atoms with Crippen LogP contribution in [0.2, 0.25) is 5.02 Å². The molecule has 0 bridgehead atoms. The average Bonchev–Trinajstić information content (AvgIpc) is 2.79. The van der Waals surface area contributed by atoms with Gasteiger partial charge in [-0.25, -0.2) is 4.85 Å². The lowest BCUT2D eigenvalue weighted by molar-refractivity contribution is 0.325. The van der Waals surface area contributed by atoms with Crippen molar-refractivity contribution < 1.29 is 5.11 Å². The summed E-state index contributed by atoms with van der Waals surface area (Å²) < 4.78 is 0. The number of aromatic nitrogens is 2. The number of aryl methyl sites for hydroxylation is 1. The smallest absolute Gasteiger partial charge is 0.188 e. The molecule has 7 heteroatoms. The Balaban J connectivity index is 1.67. The van der Waals surface area contributed by atoms with E-state index in [9.17, 15) is 5.11 Å². The molecule has 0 atom stereocenters. The van der Waals surface area contributed by atoms with Gasteiger partial charge in [-0.15, -0.1) is 10.2 Å².